The van der Waals surface area contributed by atoms with Crippen molar-refractivity contribution in [3.05, 3.63) is 59.9 Å². The van der Waals surface area contributed by atoms with Gasteiger partial charge in [0.15, 0.2) is 0 Å². The molecular formula is C20H24FN3O3S. The van der Waals surface area contributed by atoms with Crippen molar-refractivity contribution in [3.63, 3.8) is 0 Å². The van der Waals surface area contributed by atoms with Crippen LogP contribution in [-0.2, 0) is 21.2 Å². The van der Waals surface area contributed by atoms with Crippen LogP contribution in [0, 0.1) is 5.82 Å². The Balaban J connectivity index is 1.65. The quantitative estimate of drug-likeness (QED) is 0.830. The van der Waals surface area contributed by atoms with Gasteiger partial charge >= 0.3 is 0 Å². The van der Waals surface area contributed by atoms with Crippen LogP contribution in [0.25, 0.3) is 0 Å². The normalized spacial score (nSPS) is 15.2. The lowest BCUT2D eigenvalue weighted by Gasteiger charge is -2.24. The molecule has 8 heteroatoms. The van der Waals surface area contributed by atoms with E-state index < -0.39 is 10.0 Å². The van der Waals surface area contributed by atoms with Crippen molar-refractivity contribution >= 4 is 27.3 Å². The molecule has 2 aromatic carbocycles. The highest BCUT2D eigenvalue weighted by atomic mass is 32.2. The van der Waals surface area contributed by atoms with Gasteiger partial charge in [-0.3, -0.25) is 9.52 Å². The van der Waals surface area contributed by atoms with Gasteiger partial charge < -0.3 is 9.80 Å². The van der Waals surface area contributed by atoms with E-state index in [1.807, 2.05) is 0 Å². The van der Waals surface area contributed by atoms with Crippen molar-refractivity contribution in [3.8, 4) is 0 Å². The molecule has 28 heavy (non-hydrogen) atoms. The summed E-state index contributed by atoms with van der Waals surface area (Å²) in [7, 11) is -3.42. The fourth-order valence-corrected chi connectivity index (χ4v) is 3.92. The second kappa shape index (κ2) is 8.60. The third kappa shape index (κ3) is 5.45. The molecule has 3 rings (SSSR count). The second-order valence-corrected chi connectivity index (χ2v) is 8.65. The Bertz CT molecular complexity index is 932. The molecule has 1 aliphatic rings. The maximum atomic E-state index is 13.1. The van der Waals surface area contributed by atoms with E-state index in [0.717, 1.165) is 24.9 Å². The lowest BCUT2D eigenvalue weighted by molar-refractivity contribution is -0.130. The summed E-state index contributed by atoms with van der Waals surface area (Å²) in [6, 6.07) is 13.3. The molecular weight excluding hydrogens is 381 g/mol. The summed E-state index contributed by atoms with van der Waals surface area (Å²) in [6.45, 7) is 2.67. The summed E-state index contributed by atoms with van der Waals surface area (Å²) in [4.78, 5) is 16.8. The molecule has 0 atom stereocenters. The molecule has 0 radical (unpaired) electrons. The van der Waals surface area contributed by atoms with Crippen LogP contribution in [0.15, 0.2) is 48.5 Å². The molecule has 0 saturated carbocycles. The molecule has 2 aromatic rings. The smallest absolute Gasteiger partial charge is 0.229 e. The average Bonchev–Trinajstić information content (AvgIpc) is 2.89. The fourth-order valence-electron chi connectivity index (χ4n) is 3.33. The predicted octanol–water partition coefficient (Wildman–Crippen LogP) is 2.48. The van der Waals surface area contributed by atoms with Gasteiger partial charge in [0.05, 0.1) is 18.4 Å². The summed E-state index contributed by atoms with van der Waals surface area (Å²) in [6.07, 6.45) is 2.03. The Hall–Kier alpha value is -2.61. The second-order valence-electron chi connectivity index (χ2n) is 6.91. The van der Waals surface area contributed by atoms with Gasteiger partial charge in [-0.1, -0.05) is 18.2 Å². The van der Waals surface area contributed by atoms with Gasteiger partial charge in [0.2, 0.25) is 15.9 Å². The molecule has 1 heterocycles. The lowest BCUT2D eigenvalue weighted by Crippen LogP contribution is -2.36. The number of amides is 1. The predicted molar refractivity (Wildman–Crippen MR) is 108 cm³/mol. The zero-order valence-corrected chi connectivity index (χ0v) is 16.6. The fraction of sp³-hybridized carbons (Fsp3) is 0.350. The van der Waals surface area contributed by atoms with Gasteiger partial charge in [-0.25, -0.2) is 12.8 Å². The van der Waals surface area contributed by atoms with Gasteiger partial charge in [-0.15, -0.1) is 0 Å². The molecule has 0 unspecified atom stereocenters. The number of nitrogens with one attached hydrogen (secondary N) is 1. The van der Waals surface area contributed by atoms with Gasteiger partial charge in [-0.2, -0.15) is 0 Å². The molecule has 0 spiro atoms. The zero-order chi connectivity index (χ0) is 20.1. The van der Waals surface area contributed by atoms with E-state index in [2.05, 4.69) is 9.62 Å². The average molecular weight is 405 g/mol. The van der Waals surface area contributed by atoms with Crippen LogP contribution < -0.4 is 9.62 Å². The number of rotatable bonds is 5. The van der Waals surface area contributed by atoms with Gasteiger partial charge in [0.1, 0.15) is 5.82 Å². The molecule has 0 aliphatic carbocycles. The zero-order valence-electron chi connectivity index (χ0n) is 15.8. The largest absolute Gasteiger partial charge is 0.370 e. The Labute approximate surface area is 165 Å². The number of carbonyl (C=O) groups is 1. The van der Waals surface area contributed by atoms with E-state index in [0.29, 0.717) is 30.9 Å². The number of hydrogen-bond acceptors (Lipinski definition) is 4. The van der Waals surface area contributed by atoms with E-state index in [9.17, 15) is 17.6 Å². The number of carbonyl (C=O) groups excluding carboxylic acids is 1. The van der Waals surface area contributed by atoms with E-state index in [-0.39, 0.29) is 18.1 Å². The molecule has 0 aromatic heterocycles. The first-order chi connectivity index (χ1) is 13.3. The lowest BCUT2D eigenvalue weighted by atomic mass is 10.1. The SMILES string of the molecule is CS(=O)(=O)Nc1ccccc1CC(=O)N1CCCN(c2ccc(F)cc2)CC1. The van der Waals surface area contributed by atoms with Crippen LogP contribution in [0.5, 0.6) is 0 Å². The minimum atomic E-state index is -3.42. The van der Waals surface area contributed by atoms with Crippen molar-refractivity contribution < 1.29 is 17.6 Å². The highest BCUT2D eigenvalue weighted by Crippen LogP contribution is 2.20. The number of hydrogen-bond donors (Lipinski definition) is 1. The van der Waals surface area contributed by atoms with E-state index in [1.165, 1.54) is 12.1 Å². The number of benzene rings is 2. The summed E-state index contributed by atoms with van der Waals surface area (Å²) in [5.74, 6) is -0.305. The number of halogens is 1. The van der Waals surface area contributed by atoms with Gasteiger partial charge in [-0.05, 0) is 42.3 Å². The molecule has 1 N–H and O–H groups in total. The van der Waals surface area contributed by atoms with Crippen LogP contribution >= 0.6 is 0 Å². The first-order valence-electron chi connectivity index (χ1n) is 9.16. The Morgan fingerprint density at radius 3 is 2.46 bits per heavy atom. The van der Waals surface area contributed by atoms with Gasteiger partial charge in [0.25, 0.3) is 0 Å². The van der Waals surface area contributed by atoms with Crippen LogP contribution in [-0.4, -0.2) is 51.7 Å². The molecule has 0 bridgehead atoms. The summed E-state index contributed by atoms with van der Waals surface area (Å²) in [5.41, 5.74) is 2.03. The highest BCUT2D eigenvalue weighted by Gasteiger charge is 2.20. The van der Waals surface area contributed by atoms with Crippen molar-refractivity contribution in [1.82, 2.24) is 4.90 Å². The van der Waals surface area contributed by atoms with Gasteiger partial charge in [0, 0.05) is 31.9 Å². The molecule has 6 nitrogen and oxygen atoms in total. The maximum absolute atomic E-state index is 13.1. The first-order valence-corrected chi connectivity index (χ1v) is 11.0. The summed E-state index contributed by atoms with van der Waals surface area (Å²) in [5, 5.41) is 0. The maximum Gasteiger partial charge on any atom is 0.229 e. The minimum absolute atomic E-state index is 0.0382. The van der Waals surface area contributed by atoms with Crippen molar-refractivity contribution in [2.75, 3.05) is 42.1 Å². The summed E-state index contributed by atoms with van der Waals surface area (Å²) < 4.78 is 38.7. The highest BCUT2D eigenvalue weighted by molar-refractivity contribution is 7.92. The number of nitrogens with zero attached hydrogens (tertiary/aromatic N) is 2. The topological polar surface area (TPSA) is 69.7 Å². The summed E-state index contributed by atoms with van der Waals surface area (Å²) >= 11 is 0. The number of para-hydroxylation sites is 1. The minimum Gasteiger partial charge on any atom is -0.370 e. The van der Waals surface area contributed by atoms with Crippen LogP contribution in [0.3, 0.4) is 0 Å². The third-order valence-electron chi connectivity index (χ3n) is 4.69. The van der Waals surface area contributed by atoms with Crippen LogP contribution in [0.1, 0.15) is 12.0 Å². The van der Waals surface area contributed by atoms with Crippen LogP contribution in [0.4, 0.5) is 15.8 Å². The number of anilines is 2. The Morgan fingerprint density at radius 2 is 1.75 bits per heavy atom. The molecule has 1 fully saturated rings. The van der Waals surface area contributed by atoms with E-state index in [1.54, 1.807) is 41.3 Å². The van der Waals surface area contributed by atoms with Crippen molar-refractivity contribution in [2.45, 2.75) is 12.8 Å². The molecule has 1 amide bonds. The Kier molecular flexibility index (Phi) is 6.18. The van der Waals surface area contributed by atoms with Crippen LogP contribution in [0.2, 0.25) is 0 Å². The third-order valence-corrected chi connectivity index (χ3v) is 5.29. The van der Waals surface area contributed by atoms with Crippen molar-refractivity contribution in [2.24, 2.45) is 0 Å². The van der Waals surface area contributed by atoms with E-state index in [4.69, 9.17) is 0 Å². The molecule has 1 saturated heterocycles. The first kappa shape index (κ1) is 20.1. The Morgan fingerprint density at radius 1 is 1.04 bits per heavy atom. The monoisotopic (exact) mass is 405 g/mol. The molecule has 1 aliphatic heterocycles. The van der Waals surface area contributed by atoms with E-state index >= 15 is 0 Å². The number of sulfonamides is 1. The molecule has 150 valence electrons. The van der Waals surface area contributed by atoms with Crippen molar-refractivity contribution in [1.29, 1.82) is 0 Å². The standard InChI is InChI=1S/C20H24FN3O3S/c1-28(26,27)22-19-6-3-2-5-16(19)15-20(25)24-12-4-11-23(13-14-24)18-9-7-17(21)8-10-18/h2-3,5-10,22H,4,11-15H2,1H3.